The van der Waals surface area contributed by atoms with E-state index in [-0.39, 0.29) is 11.7 Å². The largest absolute Gasteiger partial charge is 0.330 e. The SMILES string of the molecule is CCCC(CN)C(=O)Cc1ccc(C(C)C)cc1. The number of carbonyl (C=O) groups excluding carboxylic acids is 1. The van der Waals surface area contributed by atoms with Crippen molar-refractivity contribution < 1.29 is 4.79 Å². The van der Waals surface area contributed by atoms with Gasteiger partial charge in [0.2, 0.25) is 0 Å². The average molecular weight is 247 g/mol. The third-order valence-corrected chi connectivity index (χ3v) is 3.40. The summed E-state index contributed by atoms with van der Waals surface area (Å²) in [4.78, 5) is 12.1. The van der Waals surface area contributed by atoms with Crippen LogP contribution in [0.4, 0.5) is 0 Å². The number of nitrogens with two attached hydrogens (primary N) is 1. The molecule has 0 aromatic heterocycles. The zero-order valence-corrected chi connectivity index (χ0v) is 11.8. The summed E-state index contributed by atoms with van der Waals surface area (Å²) in [5.41, 5.74) is 8.07. The Kier molecular flexibility index (Phi) is 6.06. The zero-order valence-electron chi connectivity index (χ0n) is 11.8. The van der Waals surface area contributed by atoms with E-state index in [2.05, 4.69) is 45.0 Å². The first-order valence-corrected chi connectivity index (χ1v) is 6.90. The molecule has 0 heterocycles. The van der Waals surface area contributed by atoms with Crippen LogP contribution < -0.4 is 5.73 Å². The number of rotatable bonds is 7. The lowest BCUT2D eigenvalue weighted by Crippen LogP contribution is -2.25. The summed E-state index contributed by atoms with van der Waals surface area (Å²) >= 11 is 0. The Bertz CT molecular complexity index is 367. The third-order valence-electron chi connectivity index (χ3n) is 3.40. The summed E-state index contributed by atoms with van der Waals surface area (Å²) in [5, 5.41) is 0. The van der Waals surface area contributed by atoms with Gasteiger partial charge in [-0.1, -0.05) is 51.5 Å². The Hall–Kier alpha value is -1.15. The van der Waals surface area contributed by atoms with Crippen molar-refractivity contribution in [1.29, 1.82) is 0 Å². The van der Waals surface area contributed by atoms with E-state index in [1.165, 1.54) is 5.56 Å². The van der Waals surface area contributed by atoms with E-state index in [0.29, 0.717) is 18.9 Å². The van der Waals surface area contributed by atoms with Gasteiger partial charge < -0.3 is 5.73 Å². The van der Waals surface area contributed by atoms with E-state index in [0.717, 1.165) is 18.4 Å². The molecule has 0 radical (unpaired) electrons. The minimum Gasteiger partial charge on any atom is -0.330 e. The maximum Gasteiger partial charge on any atom is 0.141 e. The molecule has 1 unspecified atom stereocenters. The Morgan fingerprint density at radius 2 is 1.83 bits per heavy atom. The zero-order chi connectivity index (χ0) is 13.5. The quantitative estimate of drug-likeness (QED) is 0.803. The molecule has 0 aliphatic rings. The molecule has 1 atom stereocenters. The highest BCUT2D eigenvalue weighted by atomic mass is 16.1. The Labute approximate surface area is 111 Å². The van der Waals surface area contributed by atoms with Gasteiger partial charge in [-0.15, -0.1) is 0 Å². The minimum absolute atomic E-state index is 0.0276. The molecule has 0 saturated carbocycles. The van der Waals surface area contributed by atoms with Gasteiger partial charge in [-0.3, -0.25) is 4.79 Å². The molecule has 0 saturated heterocycles. The van der Waals surface area contributed by atoms with Gasteiger partial charge >= 0.3 is 0 Å². The molecule has 0 fully saturated rings. The van der Waals surface area contributed by atoms with Gasteiger partial charge in [-0.25, -0.2) is 0 Å². The average Bonchev–Trinajstić information content (AvgIpc) is 2.36. The van der Waals surface area contributed by atoms with E-state index in [1.54, 1.807) is 0 Å². The highest BCUT2D eigenvalue weighted by Gasteiger charge is 2.15. The molecule has 0 aliphatic carbocycles. The summed E-state index contributed by atoms with van der Waals surface area (Å²) in [6, 6.07) is 8.36. The van der Waals surface area contributed by atoms with E-state index in [9.17, 15) is 4.79 Å². The van der Waals surface area contributed by atoms with Gasteiger partial charge in [0.1, 0.15) is 5.78 Å². The fourth-order valence-electron chi connectivity index (χ4n) is 2.12. The van der Waals surface area contributed by atoms with E-state index >= 15 is 0 Å². The van der Waals surface area contributed by atoms with Crippen molar-refractivity contribution in [2.45, 2.75) is 46.0 Å². The summed E-state index contributed by atoms with van der Waals surface area (Å²) in [7, 11) is 0. The highest BCUT2D eigenvalue weighted by Crippen LogP contribution is 2.16. The lowest BCUT2D eigenvalue weighted by molar-refractivity contribution is -0.122. The molecule has 18 heavy (non-hydrogen) atoms. The second kappa shape index (κ2) is 7.32. The molecule has 2 nitrogen and oxygen atoms in total. The lowest BCUT2D eigenvalue weighted by atomic mass is 9.93. The molecular weight excluding hydrogens is 222 g/mol. The molecule has 1 aromatic rings. The molecule has 0 aliphatic heterocycles. The van der Waals surface area contributed by atoms with Gasteiger partial charge in [0, 0.05) is 18.9 Å². The summed E-state index contributed by atoms with van der Waals surface area (Å²) in [6.07, 6.45) is 2.43. The van der Waals surface area contributed by atoms with Crippen LogP contribution in [0.5, 0.6) is 0 Å². The first-order valence-electron chi connectivity index (χ1n) is 6.90. The standard InChI is InChI=1S/C16H25NO/c1-4-5-15(11-17)16(18)10-13-6-8-14(9-7-13)12(2)3/h6-9,12,15H,4-5,10-11,17H2,1-3H3. The molecule has 1 aromatic carbocycles. The van der Waals surface area contributed by atoms with Crippen molar-refractivity contribution in [2.24, 2.45) is 11.7 Å². The van der Waals surface area contributed by atoms with Crippen LogP contribution in [0, 0.1) is 5.92 Å². The topological polar surface area (TPSA) is 43.1 Å². The number of hydrogen-bond acceptors (Lipinski definition) is 2. The number of benzene rings is 1. The maximum absolute atomic E-state index is 12.1. The summed E-state index contributed by atoms with van der Waals surface area (Å²) in [5.74, 6) is 0.836. The molecule has 2 N–H and O–H groups in total. The third kappa shape index (κ3) is 4.26. The first-order chi connectivity index (χ1) is 8.58. The minimum atomic E-state index is 0.0276. The van der Waals surface area contributed by atoms with Crippen LogP contribution >= 0.6 is 0 Å². The van der Waals surface area contributed by atoms with Gasteiger partial charge in [0.15, 0.2) is 0 Å². The normalized spacial score (nSPS) is 12.7. The van der Waals surface area contributed by atoms with Gasteiger partial charge in [-0.05, 0) is 23.5 Å². The fourth-order valence-corrected chi connectivity index (χ4v) is 2.12. The maximum atomic E-state index is 12.1. The Morgan fingerprint density at radius 3 is 2.28 bits per heavy atom. The molecule has 0 bridgehead atoms. The molecule has 2 heteroatoms. The molecule has 1 rings (SSSR count). The monoisotopic (exact) mass is 247 g/mol. The van der Waals surface area contributed by atoms with E-state index in [1.807, 2.05) is 0 Å². The number of hydrogen-bond donors (Lipinski definition) is 1. The number of Topliss-reactive ketones (excluding diaryl/α,β-unsaturated/α-hetero) is 1. The van der Waals surface area contributed by atoms with Crippen molar-refractivity contribution >= 4 is 5.78 Å². The van der Waals surface area contributed by atoms with Crippen LogP contribution in [-0.4, -0.2) is 12.3 Å². The second-order valence-electron chi connectivity index (χ2n) is 5.26. The van der Waals surface area contributed by atoms with Crippen LogP contribution in [0.2, 0.25) is 0 Å². The Morgan fingerprint density at radius 1 is 1.22 bits per heavy atom. The van der Waals surface area contributed by atoms with Crippen molar-refractivity contribution in [2.75, 3.05) is 6.54 Å². The number of carbonyl (C=O) groups is 1. The van der Waals surface area contributed by atoms with Crippen LogP contribution in [0.25, 0.3) is 0 Å². The fraction of sp³-hybridized carbons (Fsp3) is 0.562. The van der Waals surface area contributed by atoms with E-state index < -0.39 is 0 Å². The van der Waals surface area contributed by atoms with Gasteiger partial charge in [0.25, 0.3) is 0 Å². The van der Waals surface area contributed by atoms with Crippen molar-refractivity contribution in [1.82, 2.24) is 0 Å². The van der Waals surface area contributed by atoms with Crippen LogP contribution in [0.15, 0.2) is 24.3 Å². The smallest absolute Gasteiger partial charge is 0.141 e. The highest BCUT2D eigenvalue weighted by molar-refractivity contribution is 5.83. The summed E-state index contributed by atoms with van der Waals surface area (Å²) < 4.78 is 0. The molecule has 0 spiro atoms. The lowest BCUT2D eigenvalue weighted by Gasteiger charge is -2.13. The summed E-state index contributed by atoms with van der Waals surface area (Å²) in [6.45, 7) is 6.90. The van der Waals surface area contributed by atoms with E-state index in [4.69, 9.17) is 5.73 Å². The number of ketones is 1. The van der Waals surface area contributed by atoms with Gasteiger partial charge in [0.05, 0.1) is 0 Å². The van der Waals surface area contributed by atoms with Crippen LogP contribution in [-0.2, 0) is 11.2 Å². The van der Waals surface area contributed by atoms with Crippen molar-refractivity contribution in [3.05, 3.63) is 35.4 Å². The molecule has 0 amide bonds. The second-order valence-corrected chi connectivity index (χ2v) is 5.26. The molecule has 100 valence electrons. The Balaban J connectivity index is 2.63. The van der Waals surface area contributed by atoms with Crippen molar-refractivity contribution in [3.63, 3.8) is 0 Å². The van der Waals surface area contributed by atoms with Crippen molar-refractivity contribution in [3.8, 4) is 0 Å². The first kappa shape index (κ1) is 14.9. The molecular formula is C16H25NO. The predicted molar refractivity (Wildman–Crippen MR) is 76.7 cm³/mol. The van der Waals surface area contributed by atoms with Crippen LogP contribution in [0.3, 0.4) is 0 Å². The van der Waals surface area contributed by atoms with Crippen LogP contribution in [0.1, 0.15) is 50.7 Å². The predicted octanol–water partition coefficient (Wildman–Crippen LogP) is 3.30. The van der Waals surface area contributed by atoms with Gasteiger partial charge in [-0.2, -0.15) is 0 Å².